The van der Waals surface area contributed by atoms with Crippen LogP contribution in [0.5, 0.6) is 5.75 Å². The minimum atomic E-state index is -0.886. The lowest BCUT2D eigenvalue weighted by Gasteiger charge is -2.34. The number of rotatable bonds is 2. The lowest BCUT2D eigenvalue weighted by molar-refractivity contribution is -0.153. The summed E-state index contributed by atoms with van der Waals surface area (Å²) in [5, 5.41) is 4.76. The van der Waals surface area contributed by atoms with Crippen molar-refractivity contribution < 1.29 is 19.1 Å². The van der Waals surface area contributed by atoms with Gasteiger partial charge >= 0.3 is 11.9 Å². The quantitative estimate of drug-likeness (QED) is 0.177. The van der Waals surface area contributed by atoms with Crippen LogP contribution in [0.1, 0.15) is 89.0 Å². The van der Waals surface area contributed by atoms with Crippen molar-refractivity contribution in [3.63, 3.8) is 0 Å². The Morgan fingerprint density at radius 2 is 1.25 bits per heavy atom. The third-order valence-corrected chi connectivity index (χ3v) is 9.85. The molecule has 5 aromatic rings. The normalized spacial score (nSPS) is 24.1. The number of ether oxygens (including phenoxy) is 2. The molecule has 9 rings (SSSR count). The first-order valence-electron chi connectivity index (χ1n) is 14.1. The van der Waals surface area contributed by atoms with Gasteiger partial charge in [-0.05, 0) is 62.4 Å². The molecule has 194 valence electrons. The first-order chi connectivity index (χ1) is 19.4. The molecule has 4 aliphatic rings. The molecular weight excluding hydrogens is 496 g/mol. The molecule has 4 heteroatoms. The van der Waals surface area contributed by atoms with E-state index in [0.29, 0.717) is 12.2 Å². The van der Waals surface area contributed by atoms with Crippen LogP contribution < -0.4 is 4.74 Å². The van der Waals surface area contributed by atoms with Gasteiger partial charge in [-0.25, -0.2) is 0 Å². The van der Waals surface area contributed by atoms with E-state index in [4.69, 9.17) is 9.47 Å². The van der Waals surface area contributed by atoms with Crippen molar-refractivity contribution in [2.24, 2.45) is 0 Å². The highest BCUT2D eigenvalue weighted by Crippen LogP contribution is 2.68. The Balaban J connectivity index is 1.33. The van der Waals surface area contributed by atoms with E-state index >= 15 is 0 Å². The van der Waals surface area contributed by atoms with Crippen molar-refractivity contribution in [1.82, 2.24) is 0 Å². The van der Waals surface area contributed by atoms with Crippen LogP contribution in [0.3, 0.4) is 0 Å². The van der Waals surface area contributed by atoms with E-state index in [9.17, 15) is 9.59 Å². The molecule has 0 amide bonds. The smallest absolute Gasteiger partial charge is 0.308 e. The van der Waals surface area contributed by atoms with Gasteiger partial charge in [0.05, 0.1) is 0 Å². The molecule has 0 spiro atoms. The highest BCUT2D eigenvalue weighted by Gasteiger charge is 2.59. The summed E-state index contributed by atoms with van der Waals surface area (Å²) in [4.78, 5) is 25.3. The van der Waals surface area contributed by atoms with Crippen LogP contribution in [0.2, 0.25) is 0 Å². The number of esters is 2. The molecule has 4 atom stereocenters. The average Bonchev–Trinajstić information content (AvgIpc) is 3.66. The fourth-order valence-electron chi connectivity index (χ4n) is 8.54. The molecule has 4 nitrogen and oxygen atoms in total. The van der Waals surface area contributed by atoms with Gasteiger partial charge in [0.2, 0.25) is 0 Å². The minimum absolute atomic E-state index is 0.0104. The van der Waals surface area contributed by atoms with Crippen molar-refractivity contribution >= 4 is 33.5 Å². The number of carbonyl (C=O) groups is 2. The zero-order valence-electron chi connectivity index (χ0n) is 22.3. The molecule has 0 unspecified atom stereocenters. The largest absolute Gasteiger partial charge is 0.449 e. The summed E-state index contributed by atoms with van der Waals surface area (Å²) in [7, 11) is 0. The highest BCUT2D eigenvalue weighted by atomic mass is 16.6. The highest BCUT2D eigenvalue weighted by molar-refractivity contribution is 5.89. The van der Waals surface area contributed by atoms with E-state index in [0.717, 1.165) is 45.0 Å². The van der Waals surface area contributed by atoms with E-state index in [1.165, 1.54) is 41.3 Å². The lowest BCUT2D eigenvalue weighted by atomic mass is 9.76. The van der Waals surface area contributed by atoms with Gasteiger partial charge in [-0.2, -0.15) is 0 Å². The van der Waals surface area contributed by atoms with Crippen LogP contribution in [0.4, 0.5) is 0 Å². The fourth-order valence-corrected chi connectivity index (χ4v) is 8.54. The molecule has 0 heterocycles. The molecule has 4 bridgehead atoms. The molecule has 0 fully saturated rings. The lowest BCUT2D eigenvalue weighted by Crippen LogP contribution is -2.30. The monoisotopic (exact) mass is 522 g/mol. The van der Waals surface area contributed by atoms with E-state index in [1.54, 1.807) is 0 Å². The van der Waals surface area contributed by atoms with Crippen LogP contribution in [0.25, 0.3) is 21.5 Å². The molecule has 0 aromatic heterocycles. The standard InChI is InChI=1S/C36H26O4/c1-18(37)39-35-33-28-15-26(24-11-20-7-3-4-8-21(20)12-25(24)28)29(33)16-32-34(35)30-17-36(32,40-19(2)38)31-14-23-10-6-5-9-22(23)13-27(30)31/h3-14,16,26,28,30H,15,17H2,1-2H3/t26-,28+,30-,36-/m0/s1. The first kappa shape index (κ1) is 22.4. The molecule has 40 heavy (non-hydrogen) atoms. The Labute approximate surface area is 231 Å². The zero-order valence-corrected chi connectivity index (χ0v) is 22.3. The maximum absolute atomic E-state index is 12.7. The molecule has 0 saturated heterocycles. The molecule has 5 aromatic carbocycles. The Morgan fingerprint density at radius 1 is 0.650 bits per heavy atom. The summed E-state index contributed by atoms with van der Waals surface area (Å²) in [6, 6.07) is 28.2. The summed E-state index contributed by atoms with van der Waals surface area (Å²) >= 11 is 0. The maximum atomic E-state index is 12.7. The SMILES string of the molecule is CC(=O)Oc1c2c(cc3c1[C@H]1C[C@]3(OC(C)=O)c3cc4ccccc4cc31)[C@H]1C[C@@H]2c2cc3ccccc3cc21. The topological polar surface area (TPSA) is 52.6 Å². The third kappa shape index (κ3) is 2.66. The van der Waals surface area contributed by atoms with Gasteiger partial charge in [-0.3, -0.25) is 9.59 Å². The molecule has 0 N–H and O–H groups in total. The van der Waals surface area contributed by atoms with Crippen LogP contribution in [0, 0.1) is 0 Å². The van der Waals surface area contributed by atoms with Gasteiger partial charge in [-0.15, -0.1) is 0 Å². The van der Waals surface area contributed by atoms with Crippen LogP contribution in [0.15, 0.2) is 78.9 Å². The minimum Gasteiger partial charge on any atom is -0.449 e. The number of benzene rings is 5. The molecule has 0 saturated carbocycles. The third-order valence-electron chi connectivity index (χ3n) is 9.85. The number of hydrogen-bond acceptors (Lipinski definition) is 4. The Kier molecular flexibility index (Phi) is 4.14. The second kappa shape index (κ2) is 7.39. The predicted molar refractivity (Wildman–Crippen MR) is 153 cm³/mol. The summed E-state index contributed by atoms with van der Waals surface area (Å²) in [5.41, 5.74) is 8.41. The van der Waals surface area contributed by atoms with E-state index in [1.807, 2.05) is 12.1 Å². The van der Waals surface area contributed by atoms with Gasteiger partial charge in [0.25, 0.3) is 0 Å². The number of fused-ring (bicyclic) bond motifs is 18. The Hall–Kier alpha value is -4.44. The number of carbonyl (C=O) groups excluding carboxylic acids is 2. The maximum Gasteiger partial charge on any atom is 0.308 e. The van der Waals surface area contributed by atoms with Crippen LogP contribution in [-0.4, -0.2) is 11.9 Å². The van der Waals surface area contributed by atoms with Crippen molar-refractivity contribution in [3.8, 4) is 5.75 Å². The molecular formula is C36H26O4. The summed E-state index contributed by atoms with van der Waals surface area (Å²) in [6.07, 6.45) is 1.61. The summed E-state index contributed by atoms with van der Waals surface area (Å²) < 4.78 is 12.5. The second-order valence-corrected chi connectivity index (χ2v) is 11.9. The van der Waals surface area contributed by atoms with Crippen molar-refractivity contribution in [2.45, 2.75) is 50.0 Å². The summed E-state index contributed by atoms with van der Waals surface area (Å²) in [5.74, 6) is 0.469. The van der Waals surface area contributed by atoms with Gasteiger partial charge in [-0.1, -0.05) is 66.7 Å². The van der Waals surface area contributed by atoms with Crippen LogP contribution in [-0.2, 0) is 19.9 Å². The predicted octanol–water partition coefficient (Wildman–Crippen LogP) is 7.55. The van der Waals surface area contributed by atoms with Crippen molar-refractivity contribution in [1.29, 1.82) is 0 Å². The van der Waals surface area contributed by atoms with Crippen molar-refractivity contribution in [2.75, 3.05) is 0 Å². The van der Waals surface area contributed by atoms with E-state index in [2.05, 4.69) is 66.7 Å². The van der Waals surface area contributed by atoms with E-state index < -0.39 is 5.60 Å². The fraction of sp³-hybridized carbons (Fsp3) is 0.222. The van der Waals surface area contributed by atoms with Crippen LogP contribution >= 0.6 is 0 Å². The van der Waals surface area contributed by atoms with Gasteiger partial charge in [0.1, 0.15) is 5.75 Å². The average molecular weight is 523 g/mol. The second-order valence-electron chi connectivity index (χ2n) is 11.9. The summed E-state index contributed by atoms with van der Waals surface area (Å²) in [6.45, 7) is 2.97. The Bertz CT molecular complexity index is 2000. The Morgan fingerprint density at radius 3 is 1.88 bits per heavy atom. The van der Waals surface area contributed by atoms with Gasteiger partial charge in [0.15, 0.2) is 5.60 Å². The zero-order chi connectivity index (χ0) is 26.9. The molecule has 0 aliphatic heterocycles. The van der Waals surface area contributed by atoms with Gasteiger partial charge < -0.3 is 9.47 Å². The van der Waals surface area contributed by atoms with Gasteiger partial charge in [0, 0.05) is 60.3 Å². The van der Waals surface area contributed by atoms with Crippen molar-refractivity contribution in [3.05, 3.63) is 123 Å². The molecule has 4 aliphatic carbocycles. The van der Waals surface area contributed by atoms with E-state index in [-0.39, 0.29) is 29.7 Å². The first-order valence-corrected chi connectivity index (χ1v) is 14.1. The number of hydrogen-bond donors (Lipinski definition) is 0. The molecule has 0 radical (unpaired) electrons.